The maximum absolute atomic E-state index is 5.80. The van der Waals surface area contributed by atoms with Gasteiger partial charge in [-0.3, -0.25) is 0 Å². The molecule has 0 saturated heterocycles. The summed E-state index contributed by atoms with van der Waals surface area (Å²) in [5.74, 6) is 0.743. The molecule has 1 nitrogen and oxygen atoms in total. The molecule has 1 aromatic rings. The van der Waals surface area contributed by atoms with Crippen molar-refractivity contribution in [3.05, 3.63) is 29.3 Å². The third kappa shape index (κ3) is 5.51. The van der Waals surface area contributed by atoms with Crippen LogP contribution in [0.4, 0.5) is 0 Å². The summed E-state index contributed by atoms with van der Waals surface area (Å²) in [7, 11) is 4.76. The Morgan fingerprint density at radius 3 is 2.77 bits per heavy atom. The Kier molecular flexibility index (Phi) is 8.96. The number of benzene rings is 1. The summed E-state index contributed by atoms with van der Waals surface area (Å²) in [6.07, 6.45) is 0.995. The maximum atomic E-state index is 5.80. The third-order valence-corrected chi connectivity index (χ3v) is 1.53. The predicted octanol–water partition coefficient (Wildman–Crippen LogP) is 3.62. The van der Waals surface area contributed by atoms with Gasteiger partial charge in [-0.1, -0.05) is 6.92 Å². The molecule has 68 valence electrons. The average Bonchev–Trinajstić information content (AvgIpc) is 2.20. The Morgan fingerprint density at radius 2 is 2.23 bits per heavy atom. The van der Waals surface area contributed by atoms with Crippen molar-refractivity contribution < 1.29 is 22.0 Å². The molecule has 0 aliphatic rings. The molecule has 1 aromatic carbocycles. The fourth-order valence-corrected chi connectivity index (χ4v) is 0.905. The number of halogens is 2. The standard InChI is InChI=1S/C9H10ClO.ClH.Zn/c1-2-7-11-9-6-4-3-5-8(9)10;;/h4-6H,2,7H2,1H3;1H;/q-1;;+2/p-1. The van der Waals surface area contributed by atoms with Gasteiger partial charge in [-0.25, -0.2) is 0 Å². The first-order valence-corrected chi connectivity index (χ1v) is 8.17. The van der Waals surface area contributed by atoms with Crippen LogP contribution in [0.15, 0.2) is 18.2 Å². The van der Waals surface area contributed by atoms with E-state index in [1.807, 2.05) is 6.07 Å². The Labute approximate surface area is 98.1 Å². The Hall–Kier alpha value is 0.223. The molecule has 0 heterocycles. The normalized spacial score (nSPS) is 8.69. The van der Waals surface area contributed by atoms with Crippen molar-refractivity contribution in [1.29, 1.82) is 0 Å². The molecule has 0 amide bonds. The summed E-state index contributed by atoms with van der Waals surface area (Å²) in [4.78, 5) is 0. The fraction of sp³-hybridized carbons (Fsp3) is 0.333. The molecule has 13 heavy (non-hydrogen) atoms. The predicted molar refractivity (Wildman–Crippen MR) is 51.9 cm³/mol. The Balaban J connectivity index is 0.000000671. The van der Waals surface area contributed by atoms with Crippen LogP contribution >= 0.6 is 21.3 Å². The van der Waals surface area contributed by atoms with E-state index in [9.17, 15) is 0 Å². The van der Waals surface area contributed by atoms with Crippen LogP contribution in [0.5, 0.6) is 5.75 Å². The summed E-state index contributed by atoms with van der Waals surface area (Å²) in [6, 6.07) is 8.17. The minimum absolute atomic E-state index is 0.626. The van der Waals surface area contributed by atoms with Gasteiger partial charge in [-0.15, -0.1) is 6.07 Å². The molecule has 0 aliphatic carbocycles. The Bertz CT molecular complexity index is 231. The third-order valence-electron chi connectivity index (χ3n) is 1.24. The van der Waals surface area contributed by atoms with Crippen LogP contribution in [-0.4, -0.2) is 6.61 Å². The molecule has 0 N–H and O–H groups in total. The van der Waals surface area contributed by atoms with Crippen molar-refractivity contribution in [2.45, 2.75) is 13.3 Å². The van der Waals surface area contributed by atoms with Crippen molar-refractivity contribution >= 4 is 21.3 Å². The monoisotopic (exact) mass is 268 g/mol. The van der Waals surface area contributed by atoms with E-state index in [4.69, 9.17) is 26.0 Å². The molecule has 0 unspecified atom stereocenters. The molecular formula is C9H10Cl2OZn. The van der Waals surface area contributed by atoms with Gasteiger partial charge < -0.3 is 4.74 Å². The second-order valence-corrected chi connectivity index (χ2v) is 2.61. The number of rotatable bonds is 3. The van der Waals surface area contributed by atoms with Crippen LogP contribution < -0.4 is 4.74 Å². The molecule has 0 aliphatic heterocycles. The fourth-order valence-electron chi connectivity index (χ4n) is 0.725. The SMILES string of the molecule is CCCOc1cc[c-]cc1Cl.[Cl][Zn+]. The summed E-state index contributed by atoms with van der Waals surface area (Å²) < 4.78 is 5.33. The molecule has 1 rings (SSSR count). The van der Waals surface area contributed by atoms with Crippen molar-refractivity contribution in [3.63, 3.8) is 0 Å². The van der Waals surface area contributed by atoms with Gasteiger partial charge in [0, 0.05) is 5.75 Å². The van der Waals surface area contributed by atoms with Gasteiger partial charge in [0.05, 0.1) is 6.61 Å². The molecule has 0 fully saturated rings. The van der Waals surface area contributed by atoms with Crippen molar-refractivity contribution in [3.8, 4) is 5.75 Å². The van der Waals surface area contributed by atoms with E-state index < -0.39 is 0 Å². The van der Waals surface area contributed by atoms with Crippen LogP contribution in [0, 0.1) is 6.07 Å². The minimum atomic E-state index is 0.626. The first-order chi connectivity index (χ1) is 6.34. The van der Waals surface area contributed by atoms with Gasteiger partial charge in [0.1, 0.15) is 0 Å². The molecule has 4 heteroatoms. The average molecular weight is 270 g/mol. The van der Waals surface area contributed by atoms with Crippen LogP contribution in [-0.2, 0) is 17.3 Å². The van der Waals surface area contributed by atoms with Gasteiger partial charge in [-0.05, 0) is 11.4 Å². The van der Waals surface area contributed by atoms with Crippen molar-refractivity contribution in [2.75, 3.05) is 6.61 Å². The van der Waals surface area contributed by atoms with E-state index in [1.54, 1.807) is 12.1 Å². The van der Waals surface area contributed by atoms with Crippen LogP contribution in [0.3, 0.4) is 0 Å². The van der Waals surface area contributed by atoms with Gasteiger partial charge >= 0.3 is 27.0 Å². The van der Waals surface area contributed by atoms with E-state index in [2.05, 4.69) is 13.0 Å². The molecular weight excluding hydrogens is 260 g/mol. The zero-order valence-electron chi connectivity index (χ0n) is 7.52. The van der Waals surface area contributed by atoms with E-state index >= 15 is 0 Å². The van der Waals surface area contributed by atoms with Crippen molar-refractivity contribution in [1.82, 2.24) is 0 Å². The molecule has 0 bridgehead atoms. The quantitative estimate of drug-likeness (QED) is 0.602. The Morgan fingerprint density at radius 1 is 1.54 bits per heavy atom. The van der Waals surface area contributed by atoms with Gasteiger partial charge in [0.2, 0.25) is 0 Å². The summed E-state index contributed by atoms with van der Waals surface area (Å²) in [5, 5.41) is 0.626. The first-order valence-electron chi connectivity index (χ1n) is 3.89. The first kappa shape index (κ1) is 13.2. The van der Waals surface area contributed by atoms with Crippen LogP contribution in [0.2, 0.25) is 5.02 Å². The summed E-state index contributed by atoms with van der Waals surface area (Å²) in [6.45, 7) is 2.77. The molecule has 0 atom stereocenters. The molecule has 0 radical (unpaired) electrons. The second kappa shape index (κ2) is 8.81. The van der Waals surface area contributed by atoms with Crippen molar-refractivity contribution in [2.24, 2.45) is 0 Å². The van der Waals surface area contributed by atoms with Gasteiger partial charge in [0.15, 0.2) is 0 Å². The zero-order chi connectivity index (χ0) is 10.1. The van der Waals surface area contributed by atoms with Crippen LogP contribution in [0.1, 0.15) is 13.3 Å². The zero-order valence-corrected chi connectivity index (χ0v) is 12.0. The number of hydrogen-bond donors (Lipinski definition) is 0. The van der Waals surface area contributed by atoms with E-state index in [-0.39, 0.29) is 0 Å². The number of ether oxygens (including phenoxy) is 1. The van der Waals surface area contributed by atoms with Gasteiger partial charge in [-0.2, -0.15) is 29.8 Å². The number of hydrogen-bond acceptors (Lipinski definition) is 1. The van der Waals surface area contributed by atoms with Crippen LogP contribution in [0.25, 0.3) is 0 Å². The van der Waals surface area contributed by atoms with Gasteiger partial charge in [0.25, 0.3) is 0 Å². The molecule has 0 spiro atoms. The van der Waals surface area contributed by atoms with E-state index in [0.717, 1.165) is 29.5 Å². The topological polar surface area (TPSA) is 9.23 Å². The van der Waals surface area contributed by atoms with E-state index in [1.165, 1.54) is 0 Å². The summed E-state index contributed by atoms with van der Waals surface area (Å²) >= 11 is 6.65. The summed E-state index contributed by atoms with van der Waals surface area (Å²) in [5.41, 5.74) is 0. The van der Waals surface area contributed by atoms with E-state index in [0.29, 0.717) is 11.6 Å². The second-order valence-electron chi connectivity index (χ2n) is 2.20. The molecule has 0 aromatic heterocycles. The molecule has 0 saturated carbocycles.